The number of aliphatic imine (C=N–C) groups is 1. The maximum absolute atomic E-state index is 11.0. The molecule has 1 rings (SSSR count). The summed E-state index contributed by atoms with van der Waals surface area (Å²) in [6.45, 7) is 1.48. The second-order valence-electron chi connectivity index (χ2n) is 3.62. The summed E-state index contributed by atoms with van der Waals surface area (Å²) in [4.78, 5) is 14.9. The van der Waals surface area contributed by atoms with Crippen LogP contribution in [-0.4, -0.2) is 17.8 Å². The van der Waals surface area contributed by atoms with Crippen LogP contribution in [0, 0.1) is 0 Å². The Labute approximate surface area is 94.3 Å². The Bertz CT molecular complexity index is 393. The van der Waals surface area contributed by atoms with E-state index in [1.54, 1.807) is 12.1 Å². The molecule has 0 fully saturated rings. The molecule has 1 aromatic rings. The number of hydrogen-bond donors (Lipinski definition) is 3. The number of benzene rings is 1. The highest BCUT2D eigenvalue weighted by molar-refractivity contribution is 5.81. The third kappa shape index (κ3) is 3.70. The Hall–Kier alpha value is -1.88. The van der Waals surface area contributed by atoms with Crippen molar-refractivity contribution in [3.63, 3.8) is 0 Å². The molecule has 1 aromatic carbocycles. The van der Waals surface area contributed by atoms with E-state index in [0.29, 0.717) is 12.1 Å². The number of nitrogens with zero attached hydrogens (tertiary/aromatic N) is 1. The molecular weight excluding hydrogens is 204 g/mol. The van der Waals surface area contributed by atoms with Crippen molar-refractivity contribution in [1.29, 1.82) is 0 Å². The lowest BCUT2D eigenvalue weighted by Crippen LogP contribution is -2.30. The smallest absolute Gasteiger partial charge is 0.191 e. The van der Waals surface area contributed by atoms with Crippen molar-refractivity contribution < 1.29 is 4.79 Å². The van der Waals surface area contributed by atoms with Crippen molar-refractivity contribution in [2.75, 3.05) is 0 Å². The monoisotopic (exact) mass is 220 g/mol. The minimum Gasteiger partial charge on any atom is -0.370 e. The highest BCUT2D eigenvalue weighted by Gasteiger charge is 2.08. The van der Waals surface area contributed by atoms with E-state index >= 15 is 0 Å². The Balaban J connectivity index is 2.72. The lowest BCUT2D eigenvalue weighted by Gasteiger charge is -2.07. The Morgan fingerprint density at radius 2 is 1.88 bits per heavy atom. The molecular formula is C11H16N4O. The highest BCUT2D eigenvalue weighted by atomic mass is 16.1. The second kappa shape index (κ2) is 5.27. The molecule has 1 atom stereocenters. The van der Waals surface area contributed by atoms with E-state index < -0.39 is 6.04 Å². The summed E-state index contributed by atoms with van der Waals surface area (Å²) in [5.41, 5.74) is 17.8. The first-order chi connectivity index (χ1) is 7.49. The lowest BCUT2D eigenvalue weighted by atomic mass is 10.0. The van der Waals surface area contributed by atoms with Gasteiger partial charge in [-0.15, -0.1) is 0 Å². The highest BCUT2D eigenvalue weighted by Crippen LogP contribution is 2.13. The molecule has 0 heterocycles. The summed E-state index contributed by atoms with van der Waals surface area (Å²) >= 11 is 0. The zero-order valence-electron chi connectivity index (χ0n) is 9.18. The van der Waals surface area contributed by atoms with Gasteiger partial charge in [-0.05, 0) is 31.0 Å². The van der Waals surface area contributed by atoms with Crippen LogP contribution >= 0.6 is 0 Å². The fourth-order valence-corrected chi connectivity index (χ4v) is 1.25. The van der Waals surface area contributed by atoms with Crippen LogP contribution < -0.4 is 17.2 Å². The van der Waals surface area contributed by atoms with Crippen molar-refractivity contribution in [3.05, 3.63) is 29.8 Å². The van der Waals surface area contributed by atoms with Crippen LogP contribution in [0.3, 0.4) is 0 Å². The third-order valence-corrected chi connectivity index (χ3v) is 2.17. The van der Waals surface area contributed by atoms with Crippen molar-refractivity contribution in [2.24, 2.45) is 22.2 Å². The SMILES string of the molecule is CC(=O)[C@@H](N)Cc1ccc(N=C(N)N)cc1. The zero-order chi connectivity index (χ0) is 12.1. The molecule has 0 bridgehead atoms. The van der Waals surface area contributed by atoms with Gasteiger partial charge < -0.3 is 17.2 Å². The van der Waals surface area contributed by atoms with E-state index in [-0.39, 0.29) is 11.7 Å². The predicted molar refractivity (Wildman–Crippen MR) is 64.3 cm³/mol. The van der Waals surface area contributed by atoms with Crippen molar-refractivity contribution >= 4 is 17.4 Å². The number of guanidine groups is 1. The van der Waals surface area contributed by atoms with Gasteiger partial charge in [0.05, 0.1) is 11.7 Å². The molecule has 16 heavy (non-hydrogen) atoms. The third-order valence-electron chi connectivity index (χ3n) is 2.17. The number of Topliss-reactive ketones (excluding diaryl/α,β-unsaturated/α-hetero) is 1. The molecule has 0 unspecified atom stereocenters. The minimum atomic E-state index is -0.450. The molecule has 0 amide bonds. The number of carbonyl (C=O) groups is 1. The fraction of sp³-hybridized carbons (Fsp3) is 0.273. The van der Waals surface area contributed by atoms with Crippen LogP contribution in [0.4, 0.5) is 5.69 Å². The van der Waals surface area contributed by atoms with Gasteiger partial charge in [-0.1, -0.05) is 12.1 Å². The topological polar surface area (TPSA) is 107 Å². The van der Waals surface area contributed by atoms with E-state index in [0.717, 1.165) is 5.56 Å². The van der Waals surface area contributed by atoms with Gasteiger partial charge in [0.25, 0.3) is 0 Å². The van der Waals surface area contributed by atoms with E-state index in [1.807, 2.05) is 12.1 Å². The van der Waals surface area contributed by atoms with Crippen LogP contribution in [-0.2, 0) is 11.2 Å². The maximum atomic E-state index is 11.0. The van der Waals surface area contributed by atoms with Crippen LogP contribution in [0.2, 0.25) is 0 Å². The molecule has 86 valence electrons. The molecule has 0 aliphatic heterocycles. The van der Waals surface area contributed by atoms with Gasteiger partial charge in [-0.3, -0.25) is 4.79 Å². The summed E-state index contributed by atoms with van der Waals surface area (Å²) in [7, 11) is 0. The van der Waals surface area contributed by atoms with Gasteiger partial charge in [0, 0.05) is 0 Å². The van der Waals surface area contributed by atoms with Gasteiger partial charge >= 0.3 is 0 Å². The van der Waals surface area contributed by atoms with Crippen LogP contribution in [0.15, 0.2) is 29.3 Å². The quantitative estimate of drug-likeness (QED) is 0.492. The van der Waals surface area contributed by atoms with Gasteiger partial charge in [0.15, 0.2) is 5.96 Å². The number of hydrogen-bond acceptors (Lipinski definition) is 3. The summed E-state index contributed by atoms with van der Waals surface area (Å²) < 4.78 is 0. The van der Waals surface area contributed by atoms with Crippen molar-refractivity contribution in [3.8, 4) is 0 Å². The van der Waals surface area contributed by atoms with Gasteiger partial charge in [-0.25, -0.2) is 4.99 Å². The molecule has 6 N–H and O–H groups in total. The average Bonchev–Trinajstić information content (AvgIpc) is 2.20. The lowest BCUT2D eigenvalue weighted by molar-refractivity contribution is -0.118. The predicted octanol–water partition coefficient (Wildman–Crippen LogP) is 0.0503. The van der Waals surface area contributed by atoms with Gasteiger partial charge in [-0.2, -0.15) is 0 Å². The van der Waals surface area contributed by atoms with E-state index in [2.05, 4.69) is 4.99 Å². The maximum Gasteiger partial charge on any atom is 0.191 e. The molecule has 0 radical (unpaired) electrons. The Morgan fingerprint density at radius 1 is 1.31 bits per heavy atom. The standard InChI is InChI=1S/C11H16N4O/c1-7(16)10(12)6-8-2-4-9(5-3-8)15-11(13)14/h2-5,10H,6,12H2,1H3,(H4,13,14,15)/t10-/m0/s1. The number of nitrogens with two attached hydrogens (primary N) is 3. The fourth-order valence-electron chi connectivity index (χ4n) is 1.25. The van der Waals surface area contributed by atoms with E-state index in [4.69, 9.17) is 17.2 Å². The molecule has 5 heteroatoms. The molecule has 0 aliphatic rings. The first kappa shape index (κ1) is 12.2. The molecule has 5 nitrogen and oxygen atoms in total. The van der Waals surface area contributed by atoms with Crippen molar-refractivity contribution in [2.45, 2.75) is 19.4 Å². The minimum absolute atomic E-state index is 0.0201. The number of ketones is 1. The summed E-state index contributed by atoms with van der Waals surface area (Å²) in [6, 6.07) is 6.81. The zero-order valence-corrected chi connectivity index (χ0v) is 9.18. The number of carbonyl (C=O) groups excluding carboxylic acids is 1. The Morgan fingerprint density at radius 3 is 2.31 bits per heavy atom. The normalized spacial score (nSPS) is 11.9. The molecule has 0 saturated carbocycles. The molecule has 0 spiro atoms. The van der Waals surface area contributed by atoms with E-state index in [9.17, 15) is 4.79 Å². The summed E-state index contributed by atoms with van der Waals surface area (Å²) in [5.74, 6) is 0.00138. The Kier molecular flexibility index (Phi) is 4.02. The molecule has 0 aromatic heterocycles. The van der Waals surface area contributed by atoms with Crippen LogP contribution in [0.5, 0.6) is 0 Å². The van der Waals surface area contributed by atoms with Crippen molar-refractivity contribution in [1.82, 2.24) is 0 Å². The summed E-state index contributed by atoms with van der Waals surface area (Å²) in [5, 5.41) is 0. The van der Waals surface area contributed by atoms with Crippen LogP contribution in [0.1, 0.15) is 12.5 Å². The van der Waals surface area contributed by atoms with Gasteiger partial charge in [0.1, 0.15) is 5.78 Å². The molecule has 0 aliphatic carbocycles. The molecule has 0 saturated heterocycles. The first-order valence-electron chi connectivity index (χ1n) is 4.93. The first-order valence-corrected chi connectivity index (χ1v) is 4.93. The average molecular weight is 220 g/mol. The second-order valence-corrected chi connectivity index (χ2v) is 3.62. The summed E-state index contributed by atoms with van der Waals surface area (Å²) in [6.07, 6.45) is 0.525. The number of rotatable bonds is 4. The van der Waals surface area contributed by atoms with E-state index in [1.165, 1.54) is 6.92 Å². The van der Waals surface area contributed by atoms with Crippen LogP contribution in [0.25, 0.3) is 0 Å². The largest absolute Gasteiger partial charge is 0.370 e. The van der Waals surface area contributed by atoms with Gasteiger partial charge in [0.2, 0.25) is 0 Å².